The van der Waals surface area contributed by atoms with Gasteiger partial charge < -0.3 is 9.88 Å². The Bertz CT molecular complexity index is 1010. The largest absolute Gasteiger partial charge is 0.354 e. The molecule has 2 heterocycles. The lowest BCUT2D eigenvalue weighted by Crippen LogP contribution is -2.32. The summed E-state index contributed by atoms with van der Waals surface area (Å²) >= 11 is 0. The third-order valence-electron chi connectivity index (χ3n) is 4.44. The number of fused-ring (bicyclic) bond motifs is 1. The Hall–Kier alpha value is -2.89. The molecule has 1 amide bonds. The molecule has 1 N–H and O–H groups in total. The van der Waals surface area contributed by atoms with E-state index in [4.69, 9.17) is 0 Å². The molecule has 6 nitrogen and oxygen atoms in total. The summed E-state index contributed by atoms with van der Waals surface area (Å²) in [4.78, 5) is 24.5. The quantitative estimate of drug-likeness (QED) is 0.768. The predicted octanol–water partition coefficient (Wildman–Crippen LogP) is 2.69. The zero-order valence-corrected chi connectivity index (χ0v) is 15.6. The number of carbonyl (C=O) groups is 1. The van der Waals surface area contributed by atoms with Gasteiger partial charge in [-0.3, -0.25) is 9.59 Å². The average Bonchev–Trinajstić information content (AvgIpc) is 3.01. The van der Waals surface area contributed by atoms with E-state index in [1.807, 2.05) is 19.9 Å². The van der Waals surface area contributed by atoms with Crippen molar-refractivity contribution in [1.82, 2.24) is 19.5 Å². The van der Waals surface area contributed by atoms with Gasteiger partial charge in [-0.05, 0) is 51.0 Å². The van der Waals surface area contributed by atoms with Crippen LogP contribution in [0.4, 0.5) is 0 Å². The SMILES string of the molecule is Cc1ccc(-c2cc3c(=O)n(CCC(=O)NC(C)C)ccn3n2)cc1C. The van der Waals surface area contributed by atoms with E-state index in [-0.39, 0.29) is 23.9 Å². The first-order valence-corrected chi connectivity index (χ1v) is 8.81. The van der Waals surface area contributed by atoms with E-state index in [0.29, 0.717) is 12.1 Å². The number of nitrogens with one attached hydrogen (secondary N) is 1. The molecule has 0 atom stereocenters. The van der Waals surface area contributed by atoms with E-state index in [2.05, 4.69) is 36.4 Å². The van der Waals surface area contributed by atoms with Crippen LogP contribution < -0.4 is 10.9 Å². The Balaban J connectivity index is 1.88. The summed E-state index contributed by atoms with van der Waals surface area (Å²) < 4.78 is 3.15. The van der Waals surface area contributed by atoms with E-state index >= 15 is 0 Å². The van der Waals surface area contributed by atoms with Crippen LogP contribution in [-0.4, -0.2) is 26.1 Å². The second-order valence-electron chi connectivity index (χ2n) is 6.93. The van der Waals surface area contributed by atoms with E-state index in [1.165, 1.54) is 11.1 Å². The van der Waals surface area contributed by atoms with Crippen molar-refractivity contribution in [1.29, 1.82) is 0 Å². The average molecular weight is 352 g/mol. The standard InChI is InChI=1S/C20H24N4O2/c1-13(2)21-19(25)7-8-23-9-10-24-18(20(23)26)12-17(22-24)16-6-5-14(3)15(4)11-16/h5-6,9-13H,7-8H2,1-4H3,(H,21,25). The summed E-state index contributed by atoms with van der Waals surface area (Å²) in [6, 6.07) is 8.04. The van der Waals surface area contributed by atoms with Gasteiger partial charge in [-0.1, -0.05) is 12.1 Å². The molecule has 0 radical (unpaired) electrons. The number of hydrogen-bond acceptors (Lipinski definition) is 3. The molecule has 1 aromatic carbocycles. The second kappa shape index (κ2) is 7.15. The summed E-state index contributed by atoms with van der Waals surface area (Å²) in [6.07, 6.45) is 3.70. The fourth-order valence-corrected chi connectivity index (χ4v) is 2.86. The summed E-state index contributed by atoms with van der Waals surface area (Å²) in [7, 11) is 0. The van der Waals surface area contributed by atoms with E-state index in [9.17, 15) is 9.59 Å². The van der Waals surface area contributed by atoms with Gasteiger partial charge in [0.15, 0.2) is 0 Å². The van der Waals surface area contributed by atoms with E-state index in [0.717, 1.165) is 11.3 Å². The van der Waals surface area contributed by atoms with Crippen LogP contribution in [-0.2, 0) is 11.3 Å². The van der Waals surface area contributed by atoms with Crippen LogP contribution in [0.3, 0.4) is 0 Å². The van der Waals surface area contributed by atoms with Gasteiger partial charge in [-0.25, -0.2) is 4.52 Å². The van der Waals surface area contributed by atoms with Gasteiger partial charge in [0.2, 0.25) is 5.91 Å². The fourth-order valence-electron chi connectivity index (χ4n) is 2.86. The monoisotopic (exact) mass is 352 g/mol. The van der Waals surface area contributed by atoms with E-state index < -0.39 is 0 Å². The summed E-state index contributed by atoms with van der Waals surface area (Å²) in [5.74, 6) is -0.0592. The minimum Gasteiger partial charge on any atom is -0.354 e. The minimum absolute atomic E-state index is 0.0592. The first-order chi connectivity index (χ1) is 12.3. The number of carbonyl (C=O) groups excluding carboxylic acids is 1. The molecule has 0 aliphatic rings. The number of hydrogen-bond donors (Lipinski definition) is 1. The molecule has 0 bridgehead atoms. The first-order valence-electron chi connectivity index (χ1n) is 8.81. The maximum absolute atomic E-state index is 12.7. The third kappa shape index (κ3) is 3.69. The highest BCUT2D eigenvalue weighted by atomic mass is 16.2. The number of amides is 1. The van der Waals surface area contributed by atoms with Gasteiger partial charge in [0.05, 0.1) is 5.69 Å². The zero-order chi connectivity index (χ0) is 18.8. The topological polar surface area (TPSA) is 68.4 Å². The molecule has 3 aromatic rings. The third-order valence-corrected chi connectivity index (χ3v) is 4.44. The fraction of sp³-hybridized carbons (Fsp3) is 0.350. The molecule has 136 valence electrons. The van der Waals surface area contributed by atoms with Crippen LogP contribution in [0, 0.1) is 13.8 Å². The lowest BCUT2D eigenvalue weighted by atomic mass is 10.0. The first kappa shape index (κ1) is 17.9. The lowest BCUT2D eigenvalue weighted by Gasteiger charge is -2.09. The molecule has 0 fully saturated rings. The number of nitrogens with zero attached hydrogens (tertiary/aromatic N) is 3. The molecule has 0 aliphatic heterocycles. The van der Waals surface area contributed by atoms with Crippen molar-refractivity contribution in [3.05, 3.63) is 58.1 Å². The molecular weight excluding hydrogens is 328 g/mol. The molecule has 2 aromatic heterocycles. The molecule has 0 saturated heterocycles. The van der Waals surface area contributed by atoms with Crippen LogP contribution in [0.1, 0.15) is 31.4 Å². The Morgan fingerprint density at radius 1 is 1.15 bits per heavy atom. The van der Waals surface area contributed by atoms with Gasteiger partial charge in [-0.15, -0.1) is 0 Å². The highest BCUT2D eigenvalue weighted by Gasteiger charge is 2.11. The predicted molar refractivity (Wildman–Crippen MR) is 102 cm³/mol. The van der Waals surface area contributed by atoms with Gasteiger partial charge >= 0.3 is 0 Å². The number of rotatable bonds is 5. The normalized spacial score (nSPS) is 11.3. The highest BCUT2D eigenvalue weighted by Crippen LogP contribution is 2.21. The smallest absolute Gasteiger partial charge is 0.276 e. The van der Waals surface area contributed by atoms with Crippen molar-refractivity contribution < 1.29 is 4.79 Å². The Kier molecular flexibility index (Phi) is 4.93. The van der Waals surface area contributed by atoms with Crippen LogP contribution in [0.25, 0.3) is 16.8 Å². The lowest BCUT2D eigenvalue weighted by molar-refractivity contribution is -0.121. The minimum atomic E-state index is -0.146. The molecular formula is C20H24N4O2. The van der Waals surface area contributed by atoms with Gasteiger partial charge in [0.25, 0.3) is 5.56 Å². The van der Waals surface area contributed by atoms with Crippen molar-refractivity contribution in [2.45, 2.75) is 46.7 Å². The maximum atomic E-state index is 12.7. The molecule has 0 aliphatic carbocycles. The van der Waals surface area contributed by atoms with Crippen molar-refractivity contribution in [3.8, 4) is 11.3 Å². The molecule has 3 rings (SSSR count). The van der Waals surface area contributed by atoms with Crippen LogP contribution in [0.2, 0.25) is 0 Å². The molecule has 26 heavy (non-hydrogen) atoms. The molecule has 0 spiro atoms. The van der Waals surface area contributed by atoms with Crippen LogP contribution in [0.15, 0.2) is 41.5 Å². The Labute approximate surface area is 152 Å². The van der Waals surface area contributed by atoms with Gasteiger partial charge in [0.1, 0.15) is 5.52 Å². The molecule has 0 unspecified atom stereocenters. The zero-order valence-electron chi connectivity index (χ0n) is 15.6. The molecule has 0 saturated carbocycles. The Morgan fingerprint density at radius 3 is 2.62 bits per heavy atom. The summed E-state index contributed by atoms with van der Waals surface area (Å²) in [5, 5.41) is 7.35. The summed E-state index contributed by atoms with van der Waals surface area (Å²) in [5.41, 5.74) is 4.52. The maximum Gasteiger partial charge on any atom is 0.276 e. The number of aromatic nitrogens is 3. The van der Waals surface area contributed by atoms with Crippen molar-refractivity contribution >= 4 is 11.4 Å². The second-order valence-corrected chi connectivity index (χ2v) is 6.93. The van der Waals surface area contributed by atoms with Gasteiger partial charge in [-0.2, -0.15) is 5.10 Å². The number of benzene rings is 1. The van der Waals surface area contributed by atoms with Crippen molar-refractivity contribution in [2.24, 2.45) is 0 Å². The summed E-state index contributed by atoms with van der Waals surface area (Å²) in [6.45, 7) is 8.30. The van der Waals surface area contributed by atoms with E-state index in [1.54, 1.807) is 27.5 Å². The molecule has 6 heteroatoms. The van der Waals surface area contributed by atoms with Crippen LogP contribution in [0.5, 0.6) is 0 Å². The van der Waals surface area contributed by atoms with Gasteiger partial charge in [0, 0.05) is 37.0 Å². The van der Waals surface area contributed by atoms with Crippen molar-refractivity contribution in [2.75, 3.05) is 0 Å². The highest BCUT2D eigenvalue weighted by molar-refractivity contribution is 5.76. The Morgan fingerprint density at radius 2 is 1.92 bits per heavy atom. The van der Waals surface area contributed by atoms with Crippen LogP contribution >= 0.6 is 0 Å². The van der Waals surface area contributed by atoms with Crippen molar-refractivity contribution in [3.63, 3.8) is 0 Å². The number of aryl methyl sites for hydroxylation is 3.